The molecule has 21 heavy (non-hydrogen) atoms. The van der Waals surface area contributed by atoms with Crippen LogP contribution in [0.2, 0.25) is 0 Å². The molecule has 1 aromatic carbocycles. The topological polar surface area (TPSA) is 60.5 Å². The number of hydrogen-bond donors (Lipinski definition) is 1. The van der Waals surface area contributed by atoms with Crippen molar-refractivity contribution in [1.29, 1.82) is 0 Å². The summed E-state index contributed by atoms with van der Waals surface area (Å²) in [7, 11) is 1.53. The van der Waals surface area contributed by atoms with Gasteiger partial charge in [0.1, 0.15) is 12.4 Å². The fourth-order valence-corrected chi connectivity index (χ4v) is 1.78. The number of rotatable bonds is 6. The summed E-state index contributed by atoms with van der Waals surface area (Å²) in [5.41, 5.74) is 1.63. The number of benzene rings is 1. The summed E-state index contributed by atoms with van der Waals surface area (Å²) in [6.07, 6.45) is 1.48. The molecule has 0 aliphatic rings. The molecule has 1 amide bonds. The maximum atomic E-state index is 11.9. The monoisotopic (exact) mass is 286 g/mol. The van der Waals surface area contributed by atoms with Crippen LogP contribution in [-0.2, 0) is 0 Å². The van der Waals surface area contributed by atoms with Gasteiger partial charge in [0.2, 0.25) is 5.88 Å². The quantitative estimate of drug-likeness (QED) is 0.827. The highest BCUT2D eigenvalue weighted by molar-refractivity contribution is 5.93. The minimum Gasteiger partial charge on any atom is -0.492 e. The van der Waals surface area contributed by atoms with Crippen molar-refractivity contribution < 1.29 is 14.3 Å². The molecule has 0 spiro atoms. The molecule has 0 atom stereocenters. The summed E-state index contributed by atoms with van der Waals surface area (Å²) in [4.78, 5) is 15.9. The summed E-state index contributed by atoms with van der Waals surface area (Å²) >= 11 is 0. The third-order valence-corrected chi connectivity index (χ3v) is 2.85. The second-order valence-electron chi connectivity index (χ2n) is 4.51. The van der Waals surface area contributed by atoms with E-state index in [4.69, 9.17) is 9.47 Å². The molecule has 1 N–H and O–H groups in total. The van der Waals surface area contributed by atoms with E-state index in [0.717, 1.165) is 11.3 Å². The van der Waals surface area contributed by atoms with E-state index in [0.29, 0.717) is 24.6 Å². The second-order valence-corrected chi connectivity index (χ2v) is 4.51. The number of aromatic nitrogens is 1. The number of carbonyl (C=O) groups excluding carboxylic acids is 1. The highest BCUT2D eigenvalue weighted by atomic mass is 16.5. The summed E-state index contributed by atoms with van der Waals surface area (Å²) in [5.74, 6) is 1.10. The lowest BCUT2D eigenvalue weighted by atomic mass is 10.2. The lowest BCUT2D eigenvalue weighted by molar-refractivity contribution is 0.0946. The van der Waals surface area contributed by atoms with Gasteiger partial charge in [0, 0.05) is 12.3 Å². The van der Waals surface area contributed by atoms with Crippen LogP contribution in [0.15, 0.2) is 42.6 Å². The average Bonchev–Trinajstić information content (AvgIpc) is 2.51. The van der Waals surface area contributed by atoms with Crippen molar-refractivity contribution in [3.05, 3.63) is 53.7 Å². The number of ether oxygens (including phenoxy) is 2. The molecule has 5 heteroatoms. The number of carbonyl (C=O) groups is 1. The van der Waals surface area contributed by atoms with Crippen LogP contribution in [0.25, 0.3) is 0 Å². The molecule has 0 saturated carbocycles. The zero-order valence-electron chi connectivity index (χ0n) is 12.1. The van der Waals surface area contributed by atoms with Crippen molar-refractivity contribution in [3.63, 3.8) is 0 Å². The number of nitrogens with one attached hydrogen (secondary N) is 1. The summed E-state index contributed by atoms with van der Waals surface area (Å²) in [6.45, 7) is 2.85. The molecular formula is C16H18N2O3. The molecule has 0 bridgehead atoms. The highest BCUT2D eigenvalue weighted by Crippen LogP contribution is 2.11. The van der Waals surface area contributed by atoms with E-state index in [9.17, 15) is 4.79 Å². The van der Waals surface area contributed by atoms with Gasteiger partial charge in [-0.15, -0.1) is 0 Å². The van der Waals surface area contributed by atoms with Crippen LogP contribution in [0.5, 0.6) is 11.6 Å². The first-order valence-electron chi connectivity index (χ1n) is 6.67. The lowest BCUT2D eigenvalue weighted by Gasteiger charge is -2.08. The Labute approximate surface area is 123 Å². The lowest BCUT2D eigenvalue weighted by Crippen LogP contribution is -2.28. The standard InChI is InChI=1S/C16H18N2O3/c1-12-4-3-5-14(10-12)21-9-8-17-16(19)13-6-7-15(20-2)18-11-13/h3-7,10-11H,8-9H2,1-2H3,(H,17,19). The van der Waals surface area contributed by atoms with E-state index in [1.807, 2.05) is 31.2 Å². The zero-order chi connectivity index (χ0) is 15.1. The van der Waals surface area contributed by atoms with Gasteiger partial charge in [-0.3, -0.25) is 4.79 Å². The van der Waals surface area contributed by atoms with Crippen LogP contribution in [-0.4, -0.2) is 31.2 Å². The maximum absolute atomic E-state index is 11.9. The predicted octanol–water partition coefficient (Wildman–Crippen LogP) is 2.21. The van der Waals surface area contributed by atoms with E-state index in [1.54, 1.807) is 12.1 Å². The Hall–Kier alpha value is -2.56. The number of methoxy groups -OCH3 is 1. The van der Waals surface area contributed by atoms with Crippen molar-refractivity contribution in [2.45, 2.75) is 6.92 Å². The Morgan fingerprint density at radius 3 is 2.81 bits per heavy atom. The van der Waals surface area contributed by atoms with Crippen LogP contribution < -0.4 is 14.8 Å². The molecule has 0 aliphatic carbocycles. The number of amides is 1. The normalized spacial score (nSPS) is 10.0. The summed E-state index contributed by atoms with van der Waals surface area (Å²) in [5, 5.41) is 2.78. The Morgan fingerprint density at radius 1 is 1.29 bits per heavy atom. The van der Waals surface area contributed by atoms with Gasteiger partial charge in [-0.1, -0.05) is 12.1 Å². The molecule has 0 radical (unpaired) electrons. The van der Waals surface area contributed by atoms with Crippen molar-refractivity contribution in [1.82, 2.24) is 10.3 Å². The van der Waals surface area contributed by atoms with Crippen LogP contribution >= 0.6 is 0 Å². The van der Waals surface area contributed by atoms with E-state index in [1.165, 1.54) is 13.3 Å². The van der Waals surface area contributed by atoms with Gasteiger partial charge in [-0.05, 0) is 30.7 Å². The summed E-state index contributed by atoms with van der Waals surface area (Å²) in [6, 6.07) is 11.1. The second kappa shape index (κ2) is 7.28. The van der Waals surface area contributed by atoms with Gasteiger partial charge >= 0.3 is 0 Å². The number of aryl methyl sites for hydroxylation is 1. The molecule has 2 rings (SSSR count). The van der Waals surface area contributed by atoms with E-state index >= 15 is 0 Å². The number of pyridine rings is 1. The summed E-state index contributed by atoms with van der Waals surface area (Å²) < 4.78 is 10.5. The molecule has 1 aromatic heterocycles. The molecule has 110 valence electrons. The van der Waals surface area contributed by atoms with Gasteiger partial charge in [0.05, 0.1) is 19.2 Å². The van der Waals surface area contributed by atoms with Crippen LogP contribution in [0.1, 0.15) is 15.9 Å². The Balaban J connectivity index is 1.76. The Bertz CT molecular complexity index is 597. The van der Waals surface area contributed by atoms with Gasteiger partial charge in [0.15, 0.2) is 0 Å². The van der Waals surface area contributed by atoms with Crippen molar-refractivity contribution in [2.24, 2.45) is 0 Å². The molecule has 1 heterocycles. The minimum absolute atomic E-state index is 0.182. The van der Waals surface area contributed by atoms with Crippen molar-refractivity contribution in [3.8, 4) is 11.6 Å². The smallest absolute Gasteiger partial charge is 0.252 e. The maximum Gasteiger partial charge on any atom is 0.252 e. The third-order valence-electron chi connectivity index (χ3n) is 2.85. The Morgan fingerprint density at radius 2 is 2.14 bits per heavy atom. The first-order chi connectivity index (χ1) is 10.2. The first kappa shape index (κ1) is 14.8. The van der Waals surface area contributed by atoms with Gasteiger partial charge < -0.3 is 14.8 Å². The molecule has 5 nitrogen and oxygen atoms in total. The van der Waals surface area contributed by atoms with Crippen molar-refractivity contribution >= 4 is 5.91 Å². The first-order valence-corrected chi connectivity index (χ1v) is 6.67. The van der Waals surface area contributed by atoms with Crippen LogP contribution in [0.3, 0.4) is 0 Å². The molecule has 2 aromatic rings. The van der Waals surface area contributed by atoms with E-state index in [-0.39, 0.29) is 5.91 Å². The fourth-order valence-electron chi connectivity index (χ4n) is 1.78. The van der Waals surface area contributed by atoms with Crippen molar-refractivity contribution in [2.75, 3.05) is 20.3 Å². The number of nitrogens with zero attached hydrogens (tertiary/aromatic N) is 1. The third kappa shape index (κ3) is 4.49. The largest absolute Gasteiger partial charge is 0.492 e. The molecule has 0 aliphatic heterocycles. The Kier molecular flexibility index (Phi) is 5.15. The van der Waals surface area contributed by atoms with E-state index in [2.05, 4.69) is 10.3 Å². The van der Waals surface area contributed by atoms with Gasteiger partial charge in [0.25, 0.3) is 5.91 Å². The highest BCUT2D eigenvalue weighted by Gasteiger charge is 2.05. The molecule has 0 unspecified atom stereocenters. The van der Waals surface area contributed by atoms with Crippen LogP contribution in [0, 0.1) is 6.92 Å². The number of hydrogen-bond acceptors (Lipinski definition) is 4. The van der Waals surface area contributed by atoms with Crippen LogP contribution in [0.4, 0.5) is 0 Å². The van der Waals surface area contributed by atoms with E-state index < -0.39 is 0 Å². The average molecular weight is 286 g/mol. The predicted molar refractivity (Wildman–Crippen MR) is 79.8 cm³/mol. The zero-order valence-corrected chi connectivity index (χ0v) is 12.1. The minimum atomic E-state index is -0.182. The fraction of sp³-hybridized carbons (Fsp3) is 0.250. The SMILES string of the molecule is COc1ccc(C(=O)NCCOc2cccc(C)c2)cn1. The van der Waals surface area contributed by atoms with Gasteiger partial charge in [-0.2, -0.15) is 0 Å². The van der Waals surface area contributed by atoms with Gasteiger partial charge in [-0.25, -0.2) is 4.98 Å². The molecule has 0 saturated heterocycles. The molecule has 0 fully saturated rings. The molecular weight excluding hydrogens is 268 g/mol.